The average molecular weight is 156 g/mol. The fourth-order valence-electron chi connectivity index (χ4n) is 1.35. The van der Waals surface area contributed by atoms with Gasteiger partial charge < -0.3 is 9.74 Å². The van der Waals surface area contributed by atoms with E-state index in [1.54, 1.807) is 6.21 Å². The Labute approximate surface area is 68.0 Å². The predicted octanol–water partition coefficient (Wildman–Crippen LogP) is 1.10. The topological polar surface area (TPSA) is 24.8 Å². The standard InChI is InChI=1S/C8H16N2O/c1-3-9-11-8-5-4-6-10(2)7-8/h3,8H,4-7H2,1-2H3/b9-3-. The van der Waals surface area contributed by atoms with Crippen molar-refractivity contribution in [1.29, 1.82) is 0 Å². The van der Waals surface area contributed by atoms with Gasteiger partial charge in [0, 0.05) is 12.8 Å². The van der Waals surface area contributed by atoms with Gasteiger partial charge in [-0.05, 0) is 33.4 Å². The van der Waals surface area contributed by atoms with Crippen LogP contribution >= 0.6 is 0 Å². The van der Waals surface area contributed by atoms with E-state index in [4.69, 9.17) is 4.84 Å². The van der Waals surface area contributed by atoms with E-state index in [0.29, 0.717) is 6.10 Å². The molecule has 0 bridgehead atoms. The maximum atomic E-state index is 5.23. The van der Waals surface area contributed by atoms with Gasteiger partial charge in [-0.15, -0.1) is 0 Å². The molecule has 1 saturated heterocycles. The molecule has 1 aliphatic rings. The number of piperidine rings is 1. The summed E-state index contributed by atoms with van der Waals surface area (Å²) in [6, 6.07) is 0. The van der Waals surface area contributed by atoms with Gasteiger partial charge in [-0.1, -0.05) is 5.16 Å². The Bertz CT molecular complexity index is 136. The van der Waals surface area contributed by atoms with E-state index >= 15 is 0 Å². The number of likely N-dealkylation sites (N-methyl/N-ethyl adjacent to an activating group) is 1. The second kappa shape index (κ2) is 4.34. The van der Waals surface area contributed by atoms with Crippen LogP contribution < -0.4 is 0 Å². The quantitative estimate of drug-likeness (QED) is 0.442. The molecule has 0 aromatic rings. The van der Waals surface area contributed by atoms with Crippen molar-refractivity contribution in [3.05, 3.63) is 0 Å². The Hall–Kier alpha value is -0.570. The molecule has 0 amide bonds. The van der Waals surface area contributed by atoms with Gasteiger partial charge in [0.05, 0.1) is 0 Å². The summed E-state index contributed by atoms with van der Waals surface area (Å²) in [6.45, 7) is 4.07. The van der Waals surface area contributed by atoms with E-state index in [2.05, 4.69) is 17.1 Å². The number of oxime groups is 1. The van der Waals surface area contributed by atoms with Crippen LogP contribution in [0.1, 0.15) is 19.8 Å². The Morgan fingerprint density at radius 2 is 2.45 bits per heavy atom. The third-order valence-corrected chi connectivity index (χ3v) is 1.90. The highest BCUT2D eigenvalue weighted by atomic mass is 16.6. The maximum Gasteiger partial charge on any atom is 0.140 e. The first kappa shape index (κ1) is 8.53. The lowest BCUT2D eigenvalue weighted by Crippen LogP contribution is -2.36. The molecular formula is C8H16N2O. The number of rotatable bonds is 2. The highest BCUT2D eigenvalue weighted by Gasteiger charge is 2.17. The third kappa shape index (κ3) is 2.89. The van der Waals surface area contributed by atoms with Crippen LogP contribution in [-0.4, -0.2) is 37.4 Å². The lowest BCUT2D eigenvalue weighted by Gasteiger charge is -2.27. The molecular weight excluding hydrogens is 140 g/mol. The van der Waals surface area contributed by atoms with Crippen molar-refractivity contribution in [2.45, 2.75) is 25.9 Å². The van der Waals surface area contributed by atoms with Crippen LogP contribution in [0.25, 0.3) is 0 Å². The van der Waals surface area contributed by atoms with Gasteiger partial charge in [-0.25, -0.2) is 0 Å². The van der Waals surface area contributed by atoms with E-state index in [-0.39, 0.29) is 0 Å². The minimum atomic E-state index is 0.310. The second-order valence-corrected chi connectivity index (χ2v) is 3.00. The molecule has 64 valence electrons. The van der Waals surface area contributed by atoms with Crippen LogP contribution in [0, 0.1) is 0 Å². The zero-order valence-corrected chi connectivity index (χ0v) is 7.29. The zero-order chi connectivity index (χ0) is 8.10. The van der Waals surface area contributed by atoms with Gasteiger partial charge in [-0.3, -0.25) is 0 Å². The molecule has 1 fully saturated rings. The summed E-state index contributed by atoms with van der Waals surface area (Å²) in [4.78, 5) is 7.51. The van der Waals surface area contributed by atoms with Crippen molar-refractivity contribution in [3.8, 4) is 0 Å². The lowest BCUT2D eigenvalue weighted by molar-refractivity contribution is 0.0106. The van der Waals surface area contributed by atoms with Gasteiger partial charge >= 0.3 is 0 Å². The van der Waals surface area contributed by atoms with Crippen LogP contribution in [0.3, 0.4) is 0 Å². The Kier molecular flexibility index (Phi) is 3.36. The molecule has 0 aromatic carbocycles. The predicted molar refractivity (Wildman–Crippen MR) is 45.8 cm³/mol. The van der Waals surface area contributed by atoms with Crippen molar-refractivity contribution in [2.75, 3.05) is 20.1 Å². The normalized spacial score (nSPS) is 27.6. The molecule has 0 aliphatic carbocycles. The molecule has 0 radical (unpaired) electrons. The summed E-state index contributed by atoms with van der Waals surface area (Å²) in [5.41, 5.74) is 0. The van der Waals surface area contributed by atoms with E-state index in [1.807, 2.05) is 6.92 Å². The molecule has 1 unspecified atom stereocenters. The van der Waals surface area contributed by atoms with E-state index in [1.165, 1.54) is 13.0 Å². The van der Waals surface area contributed by atoms with Gasteiger partial charge in [0.15, 0.2) is 0 Å². The Balaban J connectivity index is 2.22. The van der Waals surface area contributed by atoms with Crippen LogP contribution in [-0.2, 0) is 4.84 Å². The molecule has 3 heteroatoms. The summed E-state index contributed by atoms with van der Waals surface area (Å²) in [5, 5.41) is 3.78. The Morgan fingerprint density at radius 3 is 3.09 bits per heavy atom. The monoisotopic (exact) mass is 156 g/mol. The summed E-state index contributed by atoms with van der Waals surface area (Å²) < 4.78 is 0. The third-order valence-electron chi connectivity index (χ3n) is 1.90. The van der Waals surface area contributed by atoms with Gasteiger partial charge in [0.25, 0.3) is 0 Å². The summed E-state index contributed by atoms with van der Waals surface area (Å²) in [6.07, 6.45) is 4.36. The highest BCUT2D eigenvalue weighted by Crippen LogP contribution is 2.11. The average Bonchev–Trinajstić information content (AvgIpc) is 2.01. The zero-order valence-electron chi connectivity index (χ0n) is 7.29. The molecule has 0 saturated carbocycles. The van der Waals surface area contributed by atoms with E-state index < -0.39 is 0 Å². The van der Waals surface area contributed by atoms with Crippen LogP contribution in [0.5, 0.6) is 0 Å². The summed E-state index contributed by atoms with van der Waals surface area (Å²) in [7, 11) is 2.12. The van der Waals surface area contributed by atoms with Crippen LogP contribution in [0.4, 0.5) is 0 Å². The van der Waals surface area contributed by atoms with Crippen molar-refractivity contribution in [2.24, 2.45) is 5.16 Å². The van der Waals surface area contributed by atoms with Gasteiger partial charge in [0.1, 0.15) is 6.10 Å². The van der Waals surface area contributed by atoms with Crippen LogP contribution in [0.2, 0.25) is 0 Å². The summed E-state index contributed by atoms with van der Waals surface area (Å²) >= 11 is 0. The number of hydrogen-bond acceptors (Lipinski definition) is 3. The first-order valence-corrected chi connectivity index (χ1v) is 4.15. The van der Waals surface area contributed by atoms with Crippen molar-refractivity contribution >= 4 is 6.21 Å². The molecule has 1 heterocycles. The molecule has 0 spiro atoms. The van der Waals surface area contributed by atoms with Crippen molar-refractivity contribution < 1.29 is 4.84 Å². The largest absolute Gasteiger partial charge is 0.391 e. The Morgan fingerprint density at radius 1 is 1.64 bits per heavy atom. The molecule has 11 heavy (non-hydrogen) atoms. The van der Waals surface area contributed by atoms with Crippen molar-refractivity contribution in [1.82, 2.24) is 4.90 Å². The molecule has 1 aliphatic heterocycles. The van der Waals surface area contributed by atoms with Crippen LogP contribution in [0.15, 0.2) is 5.16 Å². The minimum absolute atomic E-state index is 0.310. The van der Waals surface area contributed by atoms with Gasteiger partial charge in [0.2, 0.25) is 0 Å². The summed E-state index contributed by atoms with van der Waals surface area (Å²) in [5.74, 6) is 0. The first-order chi connectivity index (χ1) is 5.33. The fraction of sp³-hybridized carbons (Fsp3) is 0.875. The van der Waals surface area contributed by atoms with Crippen molar-refractivity contribution in [3.63, 3.8) is 0 Å². The highest BCUT2D eigenvalue weighted by molar-refractivity contribution is 5.52. The molecule has 3 nitrogen and oxygen atoms in total. The molecule has 0 aromatic heterocycles. The second-order valence-electron chi connectivity index (χ2n) is 3.00. The molecule has 1 rings (SSSR count). The molecule has 0 N–H and O–H groups in total. The number of likely N-dealkylation sites (tertiary alicyclic amines) is 1. The lowest BCUT2D eigenvalue weighted by atomic mass is 10.1. The number of nitrogens with zero attached hydrogens (tertiary/aromatic N) is 2. The van der Waals surface area contributed by atoms with Gasteiger partial charge in [-0.2, -0.15) is 0 Å². The minimum Gasteiger partial charge on any atom is -0.391 e. The first-order valence-electron chi connectivity index (χ1n) is 4.15. The fourth-order valence-corrected chi connectivity index (χ4v) is 1.35. The molecule has 1 atom stereocenters. The van der Waals surface area contributed by atoms with E-state index in [0.717, 1.165) is 13.0 Å². The number of hydrogen-bond donors (Lipinski definition) is 0. The van der Waals surface area contributed by atoms with E-state index in [9.17, 15) is 0 Å². The maximum absolute atomic E-state index is 5.23. The smallest absolute Gasteiger partial charge is 0.140 e. The SMILES string of the molecule is C/C=N\OC1CCCN(C)C1.